The second-order valence-corrected chi connectivity index (χ2v) is 4.30. The number of hydrogen-bond acceptors (Lipinski definition) is 4. The van der Waals surface area contributed by atoms with Gasteiger partial charge in [-0.3, -0.25) is 4.68 Å². The highest BCUT2D eigenvalue weighted by atomic mass is 16.5. The number of ether oxygens (including phenoxy) is 2. The molecule has 6 heteroatoms. The van der Waals surface area contributed by atoms with Crippen LogP contribution in [0.2, 0.25) is 0 Å². The number of hydrogen-bond donors (Lipinski definition) is 1. The molecule has 0 amide bonds. The Kier molecular flexibility index (Phi) is 4.05. The lowest BCUT2D eigenvalue weighted by Crippen LogP contribution is -2.00. The maximum absolute atomic E-state index is 11.0. The third-order valence-corrected chi connectivity index (χ3v) is 2.99. The van der Waals surface area contributed by atoms with Crippen molar-refractivity contribution < 1.29 is 19.4 Å². The Bertz CT molecular complexity index is 634. The van der Waals surface area contributed by atoms with Gasteiger partial charge in [-0.15, -0.1) is 0 Å². The van der Waals surface area contributed by atoms with Crippen molar-refractivity contribution in [1.82, 2.24) is 9.78 Å². The van der Waals surface area contributed by atoms with E-state index in [1.165, 1.54) is 10.7 Å². The predicted molar refractivity (Wildman–Crippen MR) is 72.9 cm³/mol. The van der Waals surface area contributed by atoms with Crippen LogP contribution in [-0.4, -0.2) is 35.1 Å². The van der Waals surface area contributed by atoms with Crippen LogP contribution in [0.5, 0.6) is 5.75 Å². The molecule has 1 N–H and O–H groups in total. The number of carboxylic acid groups (broad SMARTS) is 1. The van der Waals surface area contributed by atoms with Crippen LogP contribution >= 0.6 is 0 Å². The first-order chi connectivity index (χ1) is 9.56. The quantitative estimate of drug-likeness (QED) is 0.903. The molecule has 0 aliphatic carbocycles. The van der Waals surface area contributed by atoms with Crippen LogP contribution in [0.15, 0.2) is 24.3 Å². The van der Waals surface area contributed by atoms with Gasteiger partial charge in [0.2, 0.25) is 0 Å². The Morgan fingerprint density at radius 1 is 1.35 bits per heavy atom. The highest BCUT2D eigenvalue weighted by Crippen LogP contribution is 2.29. The first kappa shape index (κ1) is 14.1. The van der Waals surface area contributed by atoms with Gasteiger partial charge < -0.3 is 14.6 Å². The van der Waals surface area contributed by atoms with Crippen LogP contribution in [0.4, 0.5) is 0 Å². The third kappa shape index (κ3) is 2.65. The molecular formula is C14H16N2O4. The Labute approximate surface area is 116 Å². The van der Waals surface area contributed by atoms with E-state index in [9.17, 15) is 4.79 Å². The van der Waals surface area contributed by atoms with E-state index in [2.05, 4.69) is 5.10 Å². The minimum Gasteiger partial charge on any atom is -0.497 e. The Hall–Kier alpha value is -2.34. The summed E-state index contributed by atoms with van der Waals surface area (Å²) in [6, 6.07) is 7.12. The molecule has 1 aromatic carbocycles. The Morgan fingerprint density at radius 2 is 2.10 bits per heavy atom. The maximum atomic E-state index is 11.0. The first-order valence-electron chi connectivity index (χ1n) is 6.00. The molecule has 1 aromatic heterocycles. The van der Waals surface area contributed by atoms with Crippen molar-refractivity contribution in [3.63, 3.8) is 0 Å². The van der Waals surface area contributed by atoms with Gasteiger partial charge in [-0.25, -0.2) is 4.79 Å². The minimum absolute atomic E-state index is 0.00804. The molecule has 0 radical (unpaired) electrons. The Balaban J connectivity index is 2.57. The molecule has 0 atom stereocenters. The summed E-state index contributed by atoms with van der Waals surface area (Å²) >= 11 is 0. The fraction of sp³-hybridized carbons (Fsp3) is 0.286. The maximum Gasteiger partial charge on any atom is 0.356 e. The van der Waals surface area contributed by atoms with E-state index in [1.807, 2.05) is 18.2 Å². The lowest BCUT2D eigenvalue weighted by Gasteiger charge is -2.11. The lowest BCUT2D eigenvalue weighted by atomic mass is 10.0. The van der Waals surface area contributed by atoms with Crippen LogP contribution in [0, 0.1) is 0 Å². The van der Waals surface area contributed by atoms with Crippen LogP contribution in [0.3, 0.4) is 0 Å². The molecule has 0 aliphatic heterocycles. The molecule has 0 saturated heterocycles. The normalized spacial score (nSPS) is 10.6. The molecule has 2 rings (SSSR count). The molecule has 6 nitrogen and oxygen atoms in total. The molecule has 0 unspecified atom stereocenters. The summed E-state index contributed by atoms with van der Waals surface area (Å²) in [6.45, 7) is 0.424. The monoisotopic (exact) mass is 276 g/mol. The fourth-order valence-electron chi connectivity index (χ4n) is 2.03. The SMILES string of the molecule is COCc1ccc(OC)cc1-c1cc(C(=O)O)nn1C. The molecule has 1 heterocycles. The second kappa shape index (κ2) is 5.75. The number of benzene rings is 1. The Morgan fingerprint density at radius 3 is 2.65 bits per heavy atom. The van der Waals surface area contributed by atoms with Gasteiger partial charge in [0, 0.05) is 19.7 Å². The number of aromatic nitrogens is 2. The van der Waals surface area contributed by atoms with E-state index in [0.29, 0.717) is 18.1 Å². The minimum atomic E-state index is -1.05. The highest BCUT2D eigenvalue weighted by molar-refractivity contribution is 5.87. The van der Waals surface area contributed by atoms with Gasteiger partial charge in [0.1, 0.15) is 5.75 Å². The van der Waals surface area contributed by atoms with E-state index in [0.717, 1.165) is 11.1 Å². The van der Waals surface area contributed by atoms with E-state index in [1.54, 1.807) is 21.3 Å². The van der Waals surface area contributed by atoms with Gasteiger partial charge in [-0.1, -0.05) is 6.07 Å². The topological polar surface area (TPSA) is 73.6 Å². The summed E-state index contributed by atoms with van der Waals surface area (Å²) in [4.78, 5) is 11.0. The number of rotatable bonds is 5. The van der Waals surface area contributed by atoms with Crippen molar-refractivity contribution >= 4 is 5.97 Å². The van der Waals surface area contributed by atoms with Gasteiger partial charge in [-0.05, 0) is 23.8 Å². The molecule has 106 valence electrons. The zero-order valence-electron chi connectivity index (χ0n) is 11.6. The standard InChI is InChI=1S/C14H16N2O4/c1-16-13(7-12(15-16)14(17)18)11-6-10(20-3)5-4-9(11)8-19-2/h4-7H,8H2,1-3H3,(H,17,18). The van der Waals surface area contributed by atoms with Crippen LogP contribution in [-0.2, 0) is 18.4 Å². The van der Waals surface area contributed by atoms with Crippen molar-refractivity contribution in [2.75, 3.05) is 14.2 Å². The van der Waals surface area contributed by atoms with Crippen molar-refractivity contribution in [3.05, 3.63) is 35.5 Å². The summed E-state index contributed by atoms with van der Waals surface area (Å²) < 4.78 is 11.9. The molecule has 0 saturated carbocycles. The number of methoxy groups -OCH3 is 2. The molecule has 0 aliphatic rings. The molecule has 0 spiro atoms. The molecule has 20 heavy (non-hydrogen) atoms. The first-order valence-corrected chi connectivity index (χ1v) is 6.00. The predicted octanol–water partition coefficient (Wildman–Crippen LogP) is 1.94. The molecular weight excluding hydrogens is 260 g/mol. The van der Waals surface area contributed by atoms with Gasteiger partial charge in [-0.2, -0.15) is 5.10 Å². The summed E-state index contributed by atoms with van der Waals surface area (Å²) in [5.41, 5.74) is 2.49. The fourth-order valence-corrected chi connectivity index (χ4v) is 2.03. The zero-order valence-corrected chi connectivity index (χ0v) is 11.6. The lowest BCUT2D eigenvalue weighted by molar-refractivity contribution is 0.0689. The summed E-state index contributed by atoms with van der Waals surface area (Å²) in [5.74, 6) is -0.360. The van der Waals surface area contributed by atoms with Crippen molar-refractivity contribution in [2.45, 2.75) is 6.61 Å². The highest BCUT2D eigenvalue weighted by Gasteiger charge is 2.15. The number of aryl methyl sites for hydroxylation is 1. The van der Waals surface area contributed by atoms with Gasteiger partial charge >= 0.3 is 5.97 Å². The molecule has 2 aromatic rings. The number of carboxylic acids is 1. The largest absolute Gasteiger partial charge is 0.497 e. The van der Waals surface area contributed by atoms with Crippen LogP contribution < -0.4 is 4.74 Å². The van der Waals surface area contributed by atoms with Crippen molar-refractivity contribution in [2.24, 2.45) is 7.05 Å². The van der Waals surface area contributed by atoms with Gasteiger partial charge in [0.25, 0.3) is 0 Å². The third-order valence-electron chi connectivity index (χ3n) is 2.99. The molecule has 0 bridgehead atoms. The average molecular weight is 276 g/mol. The van der Waals surface area contributed by atoms with E-state index in [4.69, 9.17) is 14.6 Å². The number of aromatic carboxylic acids is 1. The zero-order chi connectivity index (χ0) is 14.7. The van der Waals surface area contributed by atoms with E-state index >= 15 is 0 Å². The van der Waals surface area contributed by atoms with E-state index < -0.39 is 5.97 Å². The molecule has 0 fully saturated rings. The van der Waals surface area contributed by atoms with Crippen molar-refractivity contribution in [3.8, 4) is 17.0 Å². The van der Waals surface area contributed by atoms with Gasteiger partial charge in [0.05, 0.1) is 19.4 Å². The van der Waals surface area contributed by atoms with Gasteiger partial charge in [0.15, 0.2) is 5.69 Å². The average Bonchev–Trinajstić information content (AvgIpc) is 2.82. The van der Waals surface area contributed by atoms with Crippen LogP contribution in [0.1, 0.15) is 16.1 Å². The van der Waals surface area contributed by atoms with Crippen LogP contribution in [0.25, 0.3) is 11.3 Å². The van der Waals surface area contributed by atoms with E-state index in [-0.39, 0.29) is 5.69 Å². The summed E-state index contributed by atoms with van der Waals surface area (Å²) in [7, 11) is 4.90. The summed E-state index contributed by atoms with van der Waals surface area (Å²) in [5, 5.41) is 13.0. The summed E-state index contributed by atoms with van der Waals surface area (Å²) in [6.07, 6.45) is 0. The second-order valence-electron chi connectivity index (χ2n) is 4.30. The number of carbonyl (C=O) groups is 1. The number of nitrogens with zero attached hydrogens (tertiary/aromatic N) is 2. The van der Waals surface area contributed by atoms with Crippen molar-refractivity contribution in [1.29, 1.82) is 0 Å². The smallest absolute Gasteiger partial charge is 0.356 e.